The third-order valence-electron chi connectivity index (χ3n) is 5.13. The molecular formula is C21H20O5. The molecule has 5 nitrogen and oxygen atoms in total. The van der Waals surface area contributed by atoms with Crippen LogP contribution in [-0.2, 0) is 26.2 Å². The highest BCUT2D eigenvalue weighted by Gasteiger charge is 2.35. The van der Waals surface area contributed by atoms with Crippen LogP contribution < -0.4 is 0 Å². The molecular weight excluding hydrogens is 332 g/mol. The molecule has 0 unspecified atom stereocenters. The van der Waals surface area contributed by atoms with Crippen molar-refractivity contribution in [1.82, 2.24) is 0 Å². The van der Waals surface area contributed by atoms with Crippen LogP contribution in [0.1, 0.15) is 37.0 Å². The van der Waals surface area contributed by atoms with Crippen LogP contribution in [0.25, 0.3) is 11.1 Å². The van der Waals surface area contributed by atoms with Gasteiger partial charge in [0.1, 0.15) is 0 Å². The molecule has 1 atom stereocenters. The van der Waals surface area contributed by atoms with Gasteiger partial charge in [0.25, 0.3) is 0 Å². The van der Waals surface area contributed by atoms with Gasteiger partial charge in [-0.3, -0.25) is 9.59 Å². The second-order valence-corrected chi connectivity index (χ2v) is 7.22. The zero-order chi connectivity index (χ0) is 19.1. The lowest BCUT2D eigenvalue weighted by molar-refractivity contribution is -0.152. The van der Waals surface area contributed by atoms with E-state index >= 15 is 0 Å². The van der Waals surface area contributed by atoms with Gasteiger partial charge in [-0.2, -0.15) is 0 Å². The molecule has 3 rings (SSSR count). The quantitative estimate of drug-likeness (QED) is 0.779. The normalized spacial score (nSPS) is 15.0. The van der Waals surface area contributed by atoms with Gasteiger partial charge in [0, 0.05) is 11.3 Å². The number of carboxylic acid groups (broad SMARTS) is 2. The molecule has 0 heterocycles. The van der Waals surface area contributed by atoms with E-state index in [4.69, 9.17) is 10.2 Å². The highest BCUT2D eigenvalue weighted by molar-refractivity contribution is 6.33. The lowest BCUT2D eigenvalue weighted by atomic mass is 9.81. The summed E-state index contributed by atoms with van der Waals surface area (Å²) in [4.78, 5) is 33.9. The van der Waals surface area contributed by atoms with E-state index < -0.39 is 30.1 Å². The largest absolute Gasteiger partial charge is 0.481 e. The van der Waals surface area contributed by atoms with Gasteiger partial charge in [-0.05, 0) is 34.2 Å². The number of fused-ring (bicyclic) bond motifs is 3. The molecule has 0 saturated carbocycles. The molecule has 0 bridgehead atoms. The zero-order valence-corrected chi connectivity index (χ0v) is 14.7. The van der Waals surface area contributed by atoms with E-state index in [1.807, 2.05) is 30.3 Å². The Kier molecular flexibility index (Phi) is 4.40. The van der Waals surface area contributed by atoms with Crippen LogP contribution >= 0.6 is 0 Å². The number of carbonyl (C=O) groups excluding carboxylic acids is 1. The van der Waals surface area contributed by atoms with E-state index in [2.05, 4.69) is 26.0 Å². The maximum atomic E-state index is 11.9. The van der Waals surface area contributed by atoms with E-state index in [0.717, 1.165) is 16.7 Å². The van der Waals surface area contributed by atoms with Crippen LogP contribution in [-0.4, -0.2) is 27.9 Å². The lowest BCUT2D eigenvalue weighted by Crippen LogP contribution is -2.27. The van der Waals surface area contributed by atoms with Crippen molar-refractivity contribution in [1.29, 1.82) is 0 Å². The SMILES string of the molecule is CC1(C)c2ccccc2-c2ccc(C[C@@H](CC(=O)O)C(=O)C(=O)O)cc21. The topological polar surface area (TPSA) is 91.7 Å². The van der Waals surface area contributed by atoms with Crippen molar-refractivity contribution in [3.05, 3.63) is 59.2 Å². The van der Waals surface area contributed by atoms with E-state index in [1.165, 1.54) is 11.1 Å². The minimum Gasteiger partial charge on any atom is -0.481 e. The van der Waals surface area contributed by atoms with E-state index in [1.54, 1.807) is 0 Å². The predicted molar refractivity (Wildman–Crippen MR) is 96.1 cm³/mol. The molecule has 0 amide bonds. The summed E-state index contributed by atoms with van der Waals surface area (Å²) in [6.07, 6.45) is -0.400. The molecule has 0 saturated heterocycles. The number of carboxylic acids is 2. The van der Waals surface area contributed by atoms with Crippen molar-refractivity contribution in [3.8, 4) is 11.1 Å². The highest BCUT2D eigenvalue weighted by atomic mass is 16.4. The van der Waals surface area contributed by atoms with Gasteiger partial charge in [0.15, 0.2) is 0 Å². The van der Waals surface area contributed by atoms with E-state index in [9.17, 15) is 14.4 Å². The molecule has 2 N–H and O–H groups in total. The molecule has 1 aliphatic carbocycles. The molecule has 1 aliphatic rings. The van der Waals surface area contributed by atoms with Gasteiger partial charge in [-0.15, -0.1) is 0 Å². The highest BCUT2D eigenvalue weighted by Crippen LogP contribution is 2.48. The average Bonchev–Trinajstić information content (AvgIpc) is 2.81. The second-order valence-electron chi connectivity index (χ2n) is 7.22. The molecule has 0 aliphatic heterocycles. The Bertz CT molecular complexity index is 910. The standard InChI is InChI=1S/C21H20O5/c1-21(2)16-6-4-3-5-14(16)15-8-7-12(10-17(15)21)9-13(11-18(22)23)19(24)20(25)26/h3-8,10,13H,9,11H2,1-2H3,(H,22,23)(H,25,26)/t13-/m0/s1. The van der Waals surface area contributed by atoms with Crippen LogP contribution in [0.2, 0.25) is 0 Å². The van der Waals surface area contributed by atoms with Gasteiger partial charge in [-0.25, -0.2) is 4.79 Å². The molecule has 5 heteroatoms. The van der Waals surface area contributed by atoms with Gasteiger partial charge in [-0.1, -0.05) is 56.3 Å². The molecule has 26 heavy (non-hydrogen) atoms. The Morgan fingerprint density at radius 2 is 1.62 bits per heavy atom. The first-order valence-corrected chi connectivity index (χ1v) is 8.44. The number of rotatable bonds is 6. The third-order valence-corrected chi connectivity index (χ3v) is 5.13. The minimum absolute atomic E-state index is 0.0944. The number of ketones is 1. The van der Waals surface area contributed by atoms with Gasteiger partial charge in [0.2, 0.25) is 5.78 Å². The summed E-state index contributed by atoms with van der Waals surface area (Å²) in [5.41, 5.74) is 5.17. The Labute approximate surface area is 151 Å². The monoisotopic (exact) mass is 352 g/mol. The molecule has 134 valence electrons. The first-order valence-electron chi connectivity index (χ1n) is 8.44. The first kappa shape index (κ1) is 17.9. The van der Waals surface area contributed by atoms with Crippen molar-refractivity contribution < 1.29 is 24.6 Å². The molecule has 0 fully saturated rings. The number of hydrogen-bond donors (Lipinski definition) is 2. The molecule has 0 aromatic heterocycles. The van der Waals surface area contributed by atoms with Crippen molar-refractivity contribution >= 4 is 17.7 Å². The summed E-state index contributed by atoms with van der Waals surface area (Å²) < 4.78 is 0. The smallest absolute Gasteiger partial charge is 0.372 e. The molecule has 0 radical (unpaired) electrons. The first-order chi connectivity index (χ1) is 12.2. The van der Waals surface area contributed by atoms with E-state index in [0.29, 0.717) is 0 Å². The zero-order valence-electron chi connectivity index (χ0n) is 14.7. The van der Waals surface area contributed by atoms with Gasteiger partial charge in [0.05, 0.1) is 6.42 Å². The third kappa shape index (κ3) is 3.01. The number of carbonyl (C=O) groups is 3. The van der Waals surface area contributed by atoms with Crippen molar-refractivity contribution in [2.75, 3.05) is 0 Å². The molecule has 2 aromatic rings. The summed E-state index contributed by atoms with van der Waals surface area (Å²) in [7, 11) is 0. The fourth-order valence-electron chi connectivity index (χ4n) is 3.81. The Hall–Kier alpha value is -2.95. The fourth-order valence-corrected chi connectivity index (χ4v) is 3.81. The summed E-state index contributed by atoms with van der Waals surface area (Å²) in [5, 5.41) is 18.0. The fraction of sp³-hybridized carbons (Fsp3) is 0.286. The second kappa shape index (κ2) is 6.41. The molecule has 0 spiro atoms. The van der Waals surface area contributed by atoms with Crippen molar-refractivity contribution in [2.45, 2.75) is 32.1 Å². The summed E-state index contributed by atoms with van der Waals surface area (Å²) >= 11 is 0. The van der Waals surface area contributed by atoms with E-state index in [-0.39, 0.29) is 11.8 Å². The van der Waals surface area contributed by atoms with Crippen molar-refractivity contribution in [2.24, 2.45) is 5.92 Å². The molecule has 2 aromatic carbocycles. The summed E-state index contributed by atoms with van der Waals surface area (Å²) in [6, 6.07) is 14.0. The average molecular weight is 352 g/mol. The Morgan fingerprint density at radius 3 is 2.27 bits per heavy atom. The maximum absolute atomic E-state index is 11.9. The minimum atomic E-state index is -1.59. The van der Waals surface area contributed by atoms with Gasteiger partial charge >= 0.3 is 11.9 Å². The number of aliphatic carboxylic acids is 2. The number of hydrogen-bond acceptors (Lipinski definition) is 3. The number of Topliss-reactive ketones (excluding diaryl/α,β-unsaturated/α-hetero) is 1. The van der Waals surface area contributed by atoms with Crippen LogP contribution in [0.5, 0.6) is 0 Å². The Morgan fingerprint density at radius 1 is 0.962 bits per heavy atom. The van der Waals surface area contributed by atoms with Gasteiger partial charge < -0.3 is 10.2 Å². The van der Waals surface area contributed by atoms with Crippen LogP contribution in [0.4, 0.5) is 0 Å². The maximum Gasteiger partial charge on any atom is 0.372 e. The number of benzene rings is 2. The predicted octanol–water partition coefficient (Wildman–Crippen LogP) is 3.28. The van der Waals surface area contributed by atoms with Crippen LogP contribution in [0.15, 0.2) is 42.5 Å². The van der Waals surface area contributed by atoms with Crippen LogP contribution in [0.3, 0.4) is 0 Å². The summed E-state index contributed by atoms with van der Waals surface area (Å²) in [5.74, 6) is -4.91. The lowest BCUT2D eigenvalue weighted by Gasteiger charge is -2.22. The van der Waals surface area contributed by atoms with Crippen molar-refractivity contribution in [3.63, 3.8) is 0 Å². The van der Waals surface area contributed by atoms with Crippen LogP contribution in [0, 0.1) is 5.92 Å². The summed E-state index contributed by atoms with van der Waals surface area (Å²) in [6.45, 7) is 4.25. The Balaban J connectivity index is 1.97.